The van der Waals surface area contributed by atoms with Crippen LogP contribution in [0.3, 0.4) is 0 Å². The quantitative estimate of drug-likeness (QED) is 0.369. The Morgan fingerprint density at radius 2 is 2.03 bits per heavy atom. The largest absolute Gasteiger partial charge is 0.496 e. The van der Waals surface area contributed by atoms with Gasteiger partial charge in [-0.05, 0) is 42.2 Å². The van der Waals surface area contributed by atoms with E-state index < -0.39 is 21.4 Å². The smallest absolute Gasteiger partial charge is 0.410 e. The molecule has 0 bridgehead atoms. The van der Waals surface area contributed by atoms with E-state index in [1.807, 2.05) is 42.6 Å². The van der Waals surface area contributed by atoms with Crippen LogP contribution in [0, 0.1) is 0 Å². The first kappa shape index (κ1) is 24.6. The van der Waals surface area contributed by atoms with Crippen molar-refractivity contribution < 1.29 is 27.2 Å². The average molecular weight is 526 g/mol. The summed E-state index contributed by atoms with van der Waals surface area (Å²) in [6, 6.07) is 14.7. The summed E-state index contributed by atoms with van der Waals surface area (Å²) in [6.07, 6.45) is 3.92. The number of sulfonamides is 1. The average Bonchev–Trinajstić information content (AvgIpc) is 3.57. The number of carbonyl (C=O) groups excluding carboxylic acids is 1. The van der Waals surface area contributed by atoms with Gasteiger partial charge in [0.25, 0.3) is 0 Å². The second kappa shape index (κ2) is 10.5. The van der Waals surface area contributed by atoms with E-state index in [4.69, 9.17) is 14.0 Å². The predicted octanol–water partition coefficient (Wildman–Crippen LogP) is 3.62. The molecule has 37 heavy (non-hydrogen) atoms. The fourth-order valence-electron chi connectivity index (χ4n) is 4.38. The number of fused-ring (bicyclic) bond motifs is 1. The van der Waals surface area contributed by atoms with Crippen LogP contribution in [0.4, 0.5) is 10.6 Å². The van der Waals surface area contributed by atoms with Crippen LogP contribution in [-0.4, -0.2) is 59.8 Å². The summed E-state index contributed by atoms with van der Waals surface area (Å²) >= 11 is 0. The zero-order valence-electron chi connectivity index (χ0n) is 20.2. The Morgan fingerprint density at radius 3 is 2.78 bits per heavy atom. The van der Waals surface area contributed by atoms with E-state index in [-0.39, 0.29) is 19.0 Å². The molecule has 0 radical (unpaired) electrons. The number of anilines is 1. The number of methoxy groups -OCH3 is 1. The number of amides is 1. The van der Waals surface area contributed by atoms with Gasteiger partial charge in [0.1, 0.15) is 17.7 Å². The molecule has 1 aliphatic heterocycles. The lowest BCUT2D eigenvalue weighted by Gasteiger charge is -2.31. The summed E-state index contributed by atoms with van der Waals surface area (Å²) in [5.41, 5.74) is 2.10. The van der Waals surface area contributed by atoms with Crippen molar-refractivity contribution in [2.45, 2.75) is 31.2 Å². The zero-order valence-corrected chi connectivity index (χ0v) is 21.1. The van der Waals surface area contributed by atoms with Gasteiger partial charge in [-0.15, -0.1) is 0 Å². The predicted molar refractivity (Wildman–Crippen MR) is 136 cm³/mol. The number of likely N-dealkylation sites (tertiary alicyclic amines) is 1. The van der Waals surface area contributed by atoms with Crippen LogP contribution in [0.5, 0.6) is 5.75 Å². The van der Waals surface area contributed by atoms with E-state index in [2.05, 4.69) is 15.0 Å². The van der Waals surface area contributed by atoms with Crippen LogP contribution in [0.25, 0.3) is 11.0 Å². The van der Waals surface area contributed by atoms with Crippen molar-refractivity contribution in [2.75, 3.05) is 24.9 Å². The minimum Gasteiger partial charge on any atom is -0.496 e. The molecule has 1 amide bonds. The Kier molecular flexibility index (Phi) is 6.99. The van der Waals surface area contributed by atoms with Crippen LogP contribution in [0.2, 0.25) is 0 Å². The Balaban J connectivity index is 1.29. The van der Waals surface area contributed by atoms with Crippen molar-refractivity contribution in [2.24, 2.45) is 0 Å². The highest BCUT2D eigenvalue weighted by Gasteiger charge is 2.34. The van der Waals surface area contributed by atoms with Gasteiger partial charge < -0.3 is 18.9 Å². The van der Waals surface area contributed by atoms with Gasteiger partial charge in [-0.1, -0.05) is 35.5 Å². The third kappa shape index (κ3) is 5.53. The molecule has 2 aromatic carbocycles. The standard InChI is InChI=1S/C25H27N5O6S/c1-34-21-13-19(15-30-12-6-10-26-30)14-22-23(21)24(27-36-22)28-37(32,33)20-9-5-11-29(16-20)25(31)35-17-18-7-3-2-4-8-18/h2-4,6-8,10,12-14,20H,5,9,11,15-17H2,1H3,(H,27,28)/t20-/m0/s1. The first-order valence-corrected chi connectivity index (χ1v) is 13.4. The normalized spacial score (nSPS) is 16.0. The zero-order chi connectivity index (χ0) is 25.8. The number of nitrogens with one attached hydrogen (secondary N) is 1. The molecule has 194 valence electrons. The Hall–Kier alpha value is -4.06. The third-order valence-corrected chi connectivity index (χ3v) is 7.98. The van der Waals surface area contributed by atoms with E-state index in [1.54, 1.807) is 23.0 Å². The summed E-state index contributed by atoms with van der Waals surface area (Å²) in [5, 5.41) is 7.76. The van der Waals surface area contributed by atoms with Crippen LogP contribution in [-0.2, 0) is 27.9 Å². The molecule has 1 saturated heterocycles. The van der Waals surface area contributed by atoms with Crippen LogP contribution >= 0.6 is 0 Å². The van der Waals surface area contributed by atoms with Crippen molar-refractivity contribution in [3.05, 3.63) is 72.1 Å². The van der Waals surface area contributed by atoms with Crippen molar-refractivity contribution >= 4 is 32.9 Å². The van der Waals surface area contributed by atoms with Crippen molar-refractivity contribution in [1.29, 1.82) is 0 Å². The van der Waals surface area contributed by atoms with Gasteiger partial charge in [0.05, 0.1) is 18.9 Å². The topological polar surface area (TPSA) is 129 Å². The molecule has 11 nitrogen and oxygen atoms in total. The van der Waals surface area contributed by atoms with Gasteiger partial charge >= 0.3 is 6.09 Å². The maximum absolute atomic E-state index is 13.3. The lowest BCUT2D eigenvalue weighted by molar-refractivity contribution is 0.0900. The molecule has 2 aromatic heterocycles. The minimum atomic E-state index is -3.90. The Morgan fingerprint density at radius 1 is 1.19 bits per heavy atom. The fourth-order valence-corrected chi connectivity index (χ4v) is 5.81. The van der Waals surface area contributed by atoms with E-state index in [1.165, 1.54) is 12.0 Å². The van der Waals surface area contributed by atoms with Gasteiger partial charge in [0.15, 0.2) is 11.4 Å². The van der Waals surface area contributed by atoms with Gasteiger partial charge in [-0.25, -0.2) is 13.2 Å². The van der Waals surface area contributed by atoms with Crippen molar-refractivity contribution in [1.82, 2.24) is 19.8 Å². The van der Waals surface area contributed by atoms with Crippen LogP contribution < -0.4 is 9.46 Å². The summed E-state index contributed by atoms with van der Waals surface area (Å²) < 4.78 is 47.3. The first-order valence-electron chi connectivity index (χ1n) is 11.8. The molecule has 1 atom stereocenters. The number of carbonyl (C=O) groups is 1. The monoisotopic (exact) mass is 525 g/mol. The molecule has 1 aliphatic rings. The Labute approximate surface area is 214 Å². The van der Waals surface area contributed by atoms with Crippen LogP contribution in [0.15, 0.2) is 65.4 Å². The maximum Gasteiger partial charge on any atom is 0.410 e. The molecule has 0 saturated carbocycles. The molecule has 1 N–H and O–H groups in total. The van der Waals surface area contributed by atoms with Crippen molar-refractivity contribution in [3.63, 3.8) is 0 Å². The molecule has 12 heteroatoms. The molecular formula is C25H27N5O6S. The van der Waals surface area contributed by atoms with E-state index in [9.17, 15) is 13.2 Å². The summed E-state index contributed by atoms with van der Waals surface area (Å²) in [6.45, 7) is 1.06. The number of piperidine rings is 1. The molecular weight excluding hydrogens is 498 g/mol. The number of aromatic nitrogens is 3. The highest BCUT2D eigenvalue weighted by Crippen LogP contribution is 2.35. The second-order valence-corrected chi connectivity index (χ2v) is 10.8. The van der Waals surface area contributed by atoms with Crippen LogP contribution in [0.1, 0.15) is 24.0 Å². The van der Waals surface area contributed by atoms with E-state index in [0.717, 1.165) is 11.1 Å². The van der Waals surface area contributed by atoms with E-state index >= 15 is 0 Å². The number of benzene rings is 2. The minimum absolute atomic E-state index is 0.0178. The highest BCUT2D eigenvalue weighted by atomic mass is 32.2. The lowest BCUT2D eigenvalue weighted by atomic mass is 10.1. The summed E-state index contributed by atoms with van der Waals surface area (Å²) in [4.78, 5) is 14.0. The number of hydrogen-bond acceptors (Lipinski definition) is 8. The van der Waals surface area contributed by atoms with Crippen molar-refractivity contribution in [3.8, 4) is 5.75 Å². The maximum atomic E-state index is 13.3. The number of ether oxygens (including phenoxy) is 2. The molecule has 3 heterocycles. The molecule has 4 aromatic rings. The van der Waals surface area contributed by atoms with Gasteiger partial charge in [-0.2, -0.15) is 5.10 Å². The summed E-state index contributed by atoms with van der Waals surface area (Å²) in [5.74, 6) is 0.467. The molecule has 1 fully saturated rings. The fraction of sp³-hybridized carbons (Fsp3) is 0.320. The summed E-state index contributed by atoms with van der Waals surface area (Å²) in [7, 11) is -2.40. The number of rotatable bonds is 8. The van der Waals surface area contributed by atoms with Gasteiger partial charge in [0, 0.05) is 25.5 Å². The van der Waals surface area contributed by atoms with Gasteiger partial charge in [0.2, 0.25) is 10.0 Å². The van der Waals surface area contributed by atoms with E-state index in [0.29, 0.717) is 42.6 Å². The second-order valence-electron chi connectivity index (χ2n) is 8.80. The Bertz CT molecular complexity index is 1470. The number of nitrogens with zero attached hydrogens (tertiary/aromatic N) is 4. The molecule has 0 unspecified atom stereocenters. The highest BCUT2D eigenvalue weighted by molar-refractivity contribution is 7.93. The first-order chi connectivity index (χ1) is 17.9. The molecule has 5 rings (SSSR count). The number of hydrogen-bond donors (Lipinski definition) is 1. The van der Waals surface area contributed by atoms with Gasteiger partial charge in [-0.3, -0.25) is 9.40 Å². The third-order valence-electron chi connectivity index (χ3n) is 6.24. The lowest BCUT2D eigenvalue weighted by Crippen LogP contribution is -2.46. The molecule has 0 aliphatic carbocycles. The molecule has 0 spiro atoms. The SMILES string of the molecule is COc1cc(Cn2cccn2)cc2onc(NS(=O)(=O)[C@H]3CCCN(C(=O)OCc4ccccc4)C3)c12.